The maximum Gasteiger partial charge on any atom is 0.331 e. The van der Waals surface area contributed by atoms with Gasteiger partial charge in [-0.2, -0.15) is 0 Å². The van der Waals surface area contributed by atoms with E-state index in [2.05, 4.69) is 5.32 Å². The normalized spacial score (nSPS) is 11.7. The molecule has 136 valence electrons. The summed E-state index contributed by atoms with van der Waals surface area (Å²) >= 11 is 0. The molecule has 1 amide bonds. The maximum absolute atomic E-state index is 12.1. The average molecular weight is 355 g/mol. The number of ether oxygens (including phenoxy) is 3. The number of para-hydroxylation sites is 1. The third kappa shape index (κ3) is 5.37. The van der Waals surface area contributed by atoms with Crippen LogP contribution in [0, 0.1) is 0 Å². The molecular weight excluding hydrogens is 334 g/mol. The fourth-order valence-corrected chi connectivity index (χ4v) is 2.16. The van der Waals surface area contributed by atoms with Crippen LogP contribution in [0.5, 0.6) is 11.5 Å². The zero-order valence-electron chi connectivity index (χ0n) is 14.9. The van der Waals surface area contributed by atoms with Gasteiger partial charge in [0.2, 0.25) is 0 Å². The minimum atomic E-state index is -0.931. The predicted octanol–water partition coefficient (Wildman–Crippen LogP) is 3.29. The third-order valence-electron chi connectivity index (χ3n) is 3.54. The van der Waals surface area contributed by atoms with Gasteiger partial charge in [0.15, 0.2) is 6.10 Å². The van der Waals surface area contributed by atoms with Crippen LogP contribution < -0.4 is 14.8 Å². The molecule has 6 heteroatoms. The first kappa shape index (κ1) is 19.1. The summed E-state index contributed by atoms with van der Waals surface area (Å²) in [5, 5.41) is 2.68. The van der Waals surface area contributed by atoms with E-state index in [9.17, 15) is 9.59 Å². The van der Waals surface area contributed by atoms with E-state index < -0.39 is 18.0 Å². The quantitative estimate of drug-likeness (QED) is 0.609. The molecule has 0 spiro atoms. The first-order chi connectivity index (χ1) is 12.5. The van der Waals surface area contributed by atoms with E-state index in [0.717, 1.165) is 0 Å². The van der Waals surface area contributed by atoms with Crippen molar-refractivity contribution >= 4 is 23.6 Å². The highest BCUT2D eigenvalue weighted by Gasteiger charge is 2.16. The predicted molar refractivity (Wildman–Crippen MR) is 99.2 cm³/mol. The van der Waals surface area contributed by atoms with Crippen LogP contribution in [0.4, 0.5) is 5.69 Å². The van der Waals surface area contributed by atoms with Crippen LogP contribution in [0.1, 0.15) is 12.5 Å². The van der Waals surface area contributed by atoms with E-state index in [1.807, 2.05) is 6.07 Å². The highest BCUT2D eigenvalue weighted by Crippen LogP contribution is 2.25. The van der Waals surface area contributed by atoms with Gasteiger partial charge in [0, 0.05) is 17.3 Å². The second kappa shape index (κ2) is 9.27. The Morgan fingerprint density at radius 2 is 1.77 bits per heavy atom. The molecule has 6 nitrogen and oxygen atoms in total. The van der Waals surface area contributed by atoms with Gasteiger partial charge in [-0.05, 0) is 43.3 Å². The second-order valence-corrected chi connectivity index (χ2v) is 5.38. The van der Waals surface area contributed by atoms with Gasteiger partial charge in [-0.15, -0.1) is 0 Å². The molecule has 0 aliphatic carbocycles. The van der Waals surface area contributed by atoms with Crippen molar-refractivity contribution in [1.82, 2.24) is 0 Å². The Balaban J connectivity index is 1.97. The number of rotatable bonds is 7. The van der Waals surface area contributed by atoms with E-state index in [0.29, 0.717) is 22.7 Å². The van der Waals surface area contributed by atoms with Crippen molar-refractivity contribution in [2.75, 3.05) is 19.5 Å². The Labute approximate surface area is 152 Å². The smallest absolute Gasteiger partial charge is 0.331 e. The van der Waals surface area contributed by atoms with Gasteiger partial charge in [0.05, 0.1) is 14.2 Å². The minimum absolute atomic E-state index is 0.406. The van der Waals surface area contributed by atoms with Crippen molar-refractivity contribution in [2.45, 2.75) is 13.0 Å². The molecule has 0 radical (unpaired) electrons. The standard InChI is InChI=1S/C20H21NO5/c1-14(20(23)21-16-7-5-4-6-8-16)26-19(22)12-9-15-13-17(24-2)10-11-18(15)25-3/h4-14H,1-3H3,(H,21,23)/b12-9+. The topological polar surface area (TPSA) is 73.9 Å². The number of hydrogen-bond acceptors (Lipinski definition) is 5. The number of amides is 1. The van der Waals surface area contributed by atoms with E-state index in [4.69, 9.17) is 14.2 Å². The number of esters is 1. The van der Waals surface area contributed by atoms with Crippen molar-refractivity contribution in [1.29, 1.82) is 0 Å². The SMILES string of the molecule is COc1ccc(OC)c(/C=C/C(=O)OC(C)C(=O)Nc2ccccc2)c1. The zero-order valence-corrected chi connectivity index (χ0v) is 14.9. The summed E-state index contributed by atoms with van der Waals surface area (Å²) in [6.45, 7) is 1.51. The number of benzene rings is 2. The van der Waals surface area contributed by atoms with Gasteiger partial charge in [0.25, 0.3) is 5.91 Å². The summed E-state index contributed by atoms with van der Waals surface area (Å²) in [5.41, 5.74) is 1.29. The lowest BCUT2D eigenvalue weighted by molar-refractivity contribution is -0.148. The number of anilines is 1. The molecule has 0 saturated carbocycles. The lowest BCUT2D eigenvalue weighted by atomic mass is 10.1. The molecule has 2 aromatic carbocycles. The second-order valence-electron chi connectivity index (χ2n) is 5.38. The molecule has 0 aromatic heterocycles. The number of methoxy groups -OCH3 is 2. The molecule has 0 fully saturated rings. The van der Waals surface area contributed by atoms with Gasteiger partial charge in [-0.1, -0.05) is 18.2 Å². The van der Waals surface area contributed by atoms with Gasteiger partial charge in [-0.25, -0.2) is 4.79 Å². The lowest BCUT2D eigenvalue weighted by Gasteiger charge is -2.12. The molecular formula is C20H21NO5. The van der Waals surface area contributed by atoms with Gasteiger partial charge in [0.1, 0.15) is 11.5 Å². The zero-order chi connectivity index (χ0) is 18.9. The van der Waals surface area contributed by atoms with Gasteiger partial charge < -0.3 is 19.5 Å². The van der Waals surface area contributed by atoms with E-state index in [1.165, 1.54) is 20.1 Å². The van der Waals surface area contributed by atoms with Crippen LogP contribution in [0.2, 0.25) is 0 Å². The Morgan fingerprint density at radius 3 is 2.42 bits per heavy atom. The van der Waals surface area contributed by atoms with Crippen LogP contribution in [-0.4, -0.2) is 32.2 Å². The molecule has 1 N–H and O–H groups in total. The third-order valence-corrected chi connectivity index (χ3v) is 3.54. The van der Waals surface area contributed by atoms with Crippen LogP contribution in [-0.2, 0) is 14.3 Å². The fourth-order valence-electron chi connectivity index (χ4n) is 2.16. The Morgan fingerprint density at radius 1 is 1.04 bits per heavy atom. The summed E-state index contributed by atoms with van der Waals surface area (Å²) in [7, 11) is 3.09. The number of nitrogens with one attached hydrogen (secondary N) is 1. The molecule has 26 heavy (non-hydrogen) atoms. The molecule has 0 bridgehead atoms. The molecule has 0 aliphatic heterocycles. The van der Waals surface area contributed by atoms with Gasteiger partial charge >= 0.3 is 5.97 Å². The summed E-state index contributed by atoms with van der Waals surface area (Å²) in [6.07, 6.45) is 1.86. The number of carbonyl (C=O) groups is 2. The number of hydrogen-bond donors (Lipinski definition) is 1. The highest BCUT2D eigenvalue weighted by atomic mass is 16.5. The first-order valence-corrected chi connectivity index (χ1v) is 8.00. The van der Waals surface area contributed by atoms with Crippen molar-refractivity contribution < 1.29 is 23.8 Å². The molecule has 2 aromatic rings. The van der Waals surface area contributed by atoms with Crippen LogP contribution in [0.3, 0.4) is 0 Å². The fraction of sp³-hybridized carbons (Fsp3) is 0.200. The van der Waals surface area contributed by atoms with Crippen LogP contribution in [0.25, 0.3) is 6.08 Å². The average Bonchev–Trinajstić information content (AvgIpc) is 2.66. The highest BCUT2D eigenvalue weighted by molar-refractivity contribution is 5.96. The molecule has 2 rings (SSSR count). The molecule has 0 aliphatic rings. The maximum atomic E-state index is 12.1. The monoisotopic (exact) mass is 355 g/mol. The van der Waals surface area contributed by atoms with Crippen LogP contribution >= 0.6 is 0 Å². The van der Waals surface area contributed by atoms with Crippen LogP contribution in [0.15, 0.2) is 54.6 Å². The first-order valence-electron chi connectivity index (χ1n) is 8.00. The number of carbonyl (C=O) groups excluding carboxylic acids is 2. The molecule has 0 saturated heterocycles. The summed E-state index contributed by atoms with van der Waals surface area (Å²) < 4.78 is 15.5. The summed E-state index contributed by atoms with van der Waals surface area (Å²) in [6, 6.07) is 14.2. The Bertz CT molecular complexity index is 786. The molecule has 1 atom stereocenters. The molecule has 1 unspecified atom stereocenters. The molecule has 0 heterocycles. The van der Waals surface area contributed by atoms with Crippen molar-refractivity contribution in [3.63, 3.8) is 0 Å². The lowest BCUT2D eigenvalue weighted by Crippen LogP contribution is -2.29. The minimum Gasteiger partial charge on any atom is -0.497 e. The van der Waals surface area contributed by atoms with Gasteiger partial charge in [-0.3, -0.25) is 4.79 Å². The Hall–Kier alpha value is -3.28. The summed E-state index contributed by atoms with van der Waals surface area (Å²) in [4.78, 5) is 24.0. The Kier molecular flexibility index (Phi) is 6.79. The summed E-state index contributed by atoms with van der Waals surface area (Å²) in [5.74, 6) is 0.182. The van der Waals surface area contributed by atoms with E-state index >= 15 is 0 Å². The van der Waals surface area contributed by atoms with Crippen molar-refractivity contribution in [2.24, 2.45) is 0 Å². The largest absolute Gasteiger partial charge is 0.497 e. The van der Waals surface area contributed by atoms with E-state index in [1.54, 1.807) is 55.7 Å². The van der Waals surface area contributed by atoms with Crippen molar-refractivity contribution in [3.05, 3.63) is 60.2 Å². The van der Waals surface area contributed by atoms with E-state index in [-0.39, 0.29) is 0 Å². The van der Waals surface area contributed by atoms with Crippen molar-refractivity contribution in [3.8, 4) is 11.5 Å².